The van der Waals surface area contributed by atoms with Gasteiger partial charge in [0.15, 0.2) is 11.6 Å². The Morgan fingerprint density at radius 2 is 1.71 bits per heavy atom. The molecule has 0 unspecified atom stereocenters. The van der Waals surface area contributed by atoms with Crippen molar-refractivity contribution >= 4 is 16.6 Å². The van der Waals surface area contributed by atoms with Gasteiger partial charge in [0.05, 0.1) is 11.0 Å². The normalized spacial score (nSPS) is 11.0. The fourth-order valence-corrected chi connectivity index (χ4v) is 3.99. The summed E-state index contributed by atoms with van der Waals surface area (Å²) in [5, 5.41) is 21.6. The van der Waals surface area contributed by atoms with Crippen molar-refractivity contribution < 1.29 is 19.2 Å². The van der Waals surface area contributed by atoms with Gasteiger partial charge in [-0.05, 0) is 42.5 Å². The Bertz CT molecular complexity index is 1640. The van der Waals surface area contributed by atoms with Crippen molar-refractivity contribution in [3.05, 3.63) is 111 Å². The summed E-state index contributed by atoms with van der Waals surface area (Å²) >= 11 is 0. The summed E-state index contributed by atoms with van der Waals surface area (Å²) in [7, 11) is 1.55. The number of aromatic hydroxyl groups is 1. The molecule has 0 fully saturated rings. The Kier molecular flexibility index (Phi) is 5.29. The lowest BCUT2D eigenvalue weighted by atomic mass is 10.0. The van der Waals surface area contributed by atoms with Crippen molar-refractivity contribution in [2.24, 2.45) is 7.05 Å². The lowest BCUT2D eigenvalue weighted by molar-refractivity contribution is -0.385. The number of phenolic OH excluding ortho intramolecular Hbond substituents is 1. The number of aromatic nitrogens is 2. The number of hydrogen-bond acceptors (Lipinski definition) is 5. The molecule has 9 heteroatoms. The quantitative estimate of drug-likeness (QED) is 0.268. The molecular weight excluding hydrogens is 453 g/mol. The topological polar surface area (TPSA) is 99.5 Å². The minimum Gasteiger partial charge on any atom is -0.508 e. The van der Waals surface area contributed by atoms with Crippen LogP contribution in [0.3, 0.4) is 0 Å². The molecule has 0 saturated carbocycles. The molecule has 0 radical (unpaired) electrons. The number of ether oxygens (including phenoxy) is 1. The molecule has 0 aliphatic heterocycles. The Hall–Kier alpha value is -4.92. The molecule has 0 spiro atoms. The summed E-state index contributed by atoms with van der Waals surface area (Å²) < 4.78 is 24.0. The molecular formula is C26H18FN3O5. The monoisotopic (exact) mass is 471 g/mol. The minimum atomic E-state index is -0.905. The van der Waals surface area contributed by atoms with Crippen LogP contribution in [0.2, 0.25) is 0 Å². The maximum Gasteiger partial charge on any atom is 0.275 e. The van der Waals surface area contributed by atoms with Gasteiger partial charge in [0.2, 0.25) is 0 Å². The zero-order valence-electron chi connectivity index (χ0n) is 18.4. The lowest BCUT2D eigenvalue weighted by Gasteiger charge is -2.15. The van der Waals surface area contributed by atoms with Gasteiger partial charge in [-0.25, -0.2) is 4.39 Å². The van der Waals surface area contributed by atoms with Crippen LogP contribution < -0.4 is 10.3 Å². The third-order valence-electron chi connectivity index (χ3n) is 5.64. The van der Waals surface area contributed by atoms with Crippen LogP contribution in [0.1, 0.15) is 0 Å². The molecule has 35 heavy (non-hydrogen) atoms. The van der Waals surface area contributed by atoms with Crippen molar-refractivity contribution in [1.29, 1.82) is 0 Å². The predicted molar refractivity (Wildman–Crippen MR) is 129 cm³/mol. The standard InChI is InChI=1S/C26H18FN3O5/c1-28-15-22(20-11-12-29(24(20)26(28)32)16-7-9-18(31)10-8-16)21-13-17(30(33)34)14-23(27)25(21)35-19-5-3-2-4-6-19/h2-15,31H,1H3. The van der Waals surface area contributed by atoms with E-state index in [0.717, 1.165) is 6.07 Å². The molecule has 0 amide bonds. The molecule has 8 nitrogen and oxygen atoms in total. The van der Waals surface area contributed by atoms with Crippen LogP contribution >= 0.6 is 0 Å². The second kappa shape index (κ2) is 8.45. The molecule has 0 saturated heterocycles. The SMILES string of the molecule is Cn1cc(-c2cc([N+](=O)[O-])cc(F)c2Oc2ccccc2)c2ccn(-c3ccc(O)cc3)c2c1=O. The highest BCUT2D eigenvalue weighted by Crippen LogP contribution is 2.41. The number of nitro benzene ring substituents is 1. The van der Waals surface area contributed by atoms with Gasteiger partial charge in [-0.15, -0.1) is 0 Å². The van der Waals surface area contributed by atoms with E-state index in [-0.39, 0.29) is 28.1 Å². The Labute approximate surface area is 197 Å². The number of pyridine rings is 1. The first-order valence-corrected chi connectivity index (χ1v) is 10.5. The van der Waals surface area contributed by atoms with Gasteiger partial charge >= 0.3 is 0 Å². The summed E-state index contributed by atoms with van der Waals surface area (Å²) in [6.45, 7) is 0. The van der Waals surface area contributed by atoms with Crippen molar-refractivity contribution in [1.82, 2.24) is 9.13 Å². The van der Waals surface area contributed by atoms with Crippen LogP contribution in [0.25, 0.3) is 27.7 Å². The summed E-state index contributed by atoms with van der Waals surface area (Å²) in [4.78, 5) is 24.0. The highest BCUT2D eigenvalue weighted by Gasteiger charge is 2.23. The van der Waals surface area contributed by atoms with E-state index >= 15 is 4.39 Å². The number of hydrogen-bond donors (Lipinski definition) is 1. The van der Waals surface area contributed by atoms with E-state index < -0.39 is 16.4 Å². The molecule has 0 bridgehead atoms. The van der Waals surface area contributed by atoms with Gasteiger partial charge < -0.3 is 19.0 Å². The van der Waals surface area contributed by atoms with E-state index in [9.17, 15) is 20.0 Å². The second-order valence-corrected chi connectivity index (χ2v) is 7.90. The second-order valence-electron chi connectivity index (χ2n) is 7.90. The number of fused-ring (bicyclic) bond motifs is 1. The first-order chi connectivity index (χ1) is 16.8. The van der Waals surface area contributed by atoms with Crippen LogP contribution in [0, 0.1) is 15.9 Å². The number of phenols is 1. The number of halogens is 1. The van der Waals surface area contributed by atoms with Crippen LogP contribution in [0.4, 0.5) is 10.1 Å². The van der Waals surface area contributed by atoms with Crippen LogP contribution in [-0.2, 0) is 7.05 Å². The molecule has 3 aromatic carbocycles. The number of nitrogens with zero attached hydrogens (tertiary/aromatic N) is 3. The number of nitro groups is 1. The highest BCUT2D eigenvalue weighted by molar-refractivity contribution is 5.97. The number of rotatable bonds is 5. The van der Waals surface area contributed by atoms with E-state index in [1.54, 1.807) is 66.3 Å². The maximum absolute atomic E-state index is 15.2. The Balaban J connectivity index is 1.80. The van der Waals surface area contributed by atoms with Gasteiger partial charge in [0, 0.05) is 47.7 Å². The predicted octanol–water partition coefficient (Wildman–Crippen LogP) is 5.54. The first kappa shape index (κ1) is 21.9. The Morgan fingerprint density at radius 1 is 1.00 bits per heavy atom. The summed E-state index contributed by atoms with van der Waals surface area (Å²) in [6, 6.07) is 18.5. The zero-order chi connectivity index (χ0) is 24.7. The van der Waals surface area contributed by atoms with E-state index in [1.807, 2.05) is 0 Å². The fraction of sp³-hybridized carbons (Fsp3) is 0.0385. The lowest BCUT2D eigenvalue weighted by Crippen LogP contribution is -2.18. The van der Waals surface area contributed by atoms with Crippen molar-refractivity contribution in [3.8, 4) is 34.1 Å². The van der Waals surface area contributed by atoms with Gasteiger partial charge in [-0.2, -0.15) is 0 Å². The third kappa shape index (κ3) is 3.89. The number of benzene rings is 3. The van der Waals surface area contributed by atoms with Gasteiger partial charge in [-0.1, -0.05) is 18.2 Å². The smallest absolute Gasteiger partial charge is 0.275 e. The van der Waals surface area contributed by atoms with E-state index in [2.05, 4.69) is 0 Å². The maximum atomic E-state index is 15.2. The highest BCUT2D eigenvalue weighted by atomic mass is 19.1. The average molecular weight is 471 g/mol. The molecule has 5 rings (SSSR count). The number of para-hydroxylation sites is 1. The minimum absolute atomic E-state index is 0.0774. The van der Waals surface area contributed by atoms with Crippen molar-refractivity contribution in [3.63, 3.8) is 0 Å². The zero-order valence-corrected chi connectivity index (χ0v) is 18.4. The Morgan fingerprint density at radius 3 is 2.40 bits per heavy atom. The van der Waals surface area contributed by atoms with E-state index in [1.165, 1.54) is 29.0 Å². The largest absolute Gasteiger partial charge is 0.508 e. The number of non-ortho nitro benzene ring substituents is 1. The fourth-order valence-electron chi connectivity index (χ4n) is 3.99. The number of aryl methyl sites for hydroxylation is 1. The van der Waals surface area contributed by atoms with Crippen molar-refractivity contribution in [2.45, 2.75) is 0 Å². The summed E-state index contributed by atoms with van der Waals surface area (Å²) in [5.41, 5.74) is 0.653. The van der Waals surface area contributed by atoms with Crippen molar-refractivity contribution in [2.75, 3.05) is 0 Å². The van der Waals surface area contributed by atoms with E-state index in [4.69, 9.17) is 4.74 Å². The molecule has 2 heterocycles. The molecule has 0 atom stereocenters. The van der Waals surface area contributed by atoms with Crippen LogP contribution in [0.15, 0.2) is 90.0 Å². The summed E-state index contributed by atoms with van der Waals surface area (Å²) in [6.07, 6.45) is 3.18. The first-order valence-electron chi connectivity index (χ1n) is 10.5. The molecule has 2 aromatic heterocycles. The third-order valence-corrected chi connectivity index (χ3v) is 5.64. The van der Waals surface area contributed by atoms with E-state index in [0.29, 0.717) is 22.4 Å². The molecule has 174 valence electrons. The van der Waals surface area contributed by atoms with Gasteiger partial charge in [0.25, 0.3) is 11.2 Å². The van der Waals surface area contributed by atoms with Gasteiger partial charge in [-0.3, -0.25) is 14.9 Å². The van der Waals surface area contributed by atoms with Crippen LogP contribution in [-0.4, -0.2) is 19.2 Å². The molecule has 1 N–H and O–H groups in total. The van der Waals surface area contributed by atoms with Crippen LogP contribution in [0.5, 0.6) is 17.2 Å². The average Bonchev–Trinajstić information content (AvgIpc) is 3.29. The molecule has 0 aliphatic rings. The van der Waals surface area contributed by atoms with Gasteiger partial charge in [0.1, 0.15) is 17.0 Å². The summed E-state index contributed by atoms with van der Waals surface area (Å²) in [5.74, 6) is -0.671. The molecule has 0 aliphatic carbocycles. The molecule has 5 aromatic rings.